The fraction of sp³-hybridized carbons (Fsp3) is 0.944. The zero-order chi connectivity index (χ0) is 15.7. The van der Waals surface area contributed by atoms with E-state index in [-0.39, 0.29) is 24.0 Å². The lowest BCUT2D eigenvalue weighted by Crippen LogP contribution is -2.69. The van der Waals surface area contributed by atoms with Crippen molar-refractivity contribution in [2.75, 3.05) is 24.7 Å². The van der Waals surface area contributed by atoms with Crippen LogP contribution in [0.3, 0.4) is 0 Å². The largest absolute Gasteiger partial charge is 0.377 e. The van der Waals surface area contributed by atoms with Gasteiger partial charge in [0, 0.05) is 42.3 Å². The molecule has 138 valence electrons. The molecule has 0 aromatic heterocycles. The second-order valence-corrected chi connectivity index (χ2v) is 8.84. The van der Waals surface area contributed by atoms with E-state index in [0.717, 1.165) is 19.1 Å². The Kier molecular flexibility index (Phi) is 6.63. The first kappa shape index (κ1) is 19.1. The molecule has 2 aliphatic heterocycles. The number of aliphatic imine (C=N–C) groups is 1. The van der Waals surface area contributed by atoms with Gasteiger partial charge in [0.15, 0.2) is 5.96 Å². The average Bonchev–Trinajstić information content (AvgIpc) is 3.22. The van der Waals surface area contributed by atoms with E-state index in [1.54, 1.807) is 0 Å². The Bertz CT molecular complexity index is 450. The second-order valence-electron chi connectivity index (χ2n) is 7.69. The zero-order valence-electron chi connectivity index (χ0n) is 14.8. The molecule has 0 aromatic rings. The Labute approximate surface area is 167 Å². The summed E-state index contributed by atoms with van der Waals surface area (Å²) in [5.41, 5.74) is 0.401. The van der Waals surface area contributed by atoms with E-state index in [2.05, 4.69) is 29.3 Å². The molecular formula is C18H32IN3OS. The van der Waals surface area contributed by atoms with Gasteiger partial charge in [0.05, 0.1) is 6.10 Å². The fourth-order valence-corrected chi connectivity index (χ4v) is 6.46. The van der Waals surface area contributed by atoms with Crippen molar-refractivity contribution in [3.05, 3.63) is 0 Å². The number of ether oxygens (including phenoxy) is 1. The molecule has 0 aromatic carbocycles. The third kappa shape index (κ3) is 3.43. The summed E-state index contributed by atoms with van der Waals surface area (Å²) < 4.78 is 6.11. The van der Waals surface area contributed by atoms with Crippen LogP contribution in [0.5, 0.6) is 0 Å². The molecule has 6 heteroatoms. The predicted molar refractivity (Wildman–Crippen MR) is 113 cm³/mol. The monoisotopic (exact) mass is 465 g/mol. The molecule has 4 fully saturated rings. The van der Waals surface area contributed by atoms with Gasteiger partial charge in [-0.25, -0.2) is 0 Å². The van der Waals surface area contributed by atoms with Crippen molar-refractivity contribution in [2.45, 2.75) is 70.1 Å². The lowest BCUT2D eigenvalue weighted by atomic mass is 9.54. The summed E-state index contributed by atoms with van der Waals surface area (Å²) in [5, 5.41) is 7.57. The van der Waals surface area contributed by atoms with E-state index in [1.165, 1.54) is 56.5 Å². The van der Waals surface area contributed by atoms with Gasteiger partial charge in [-0.2, -0.15) is 11.8 Å². The molecule has 2 saturated carbocycles. The first-order chi connectivity index (χ1) is 11.3. The maximum Gasteiger partial charge on any atom is 0.191 e. The second kappa shape index (κ2) is 8.33. The number of hydrogen-bond acceptors (Lipinski definition) is 3. The summed E-state index contributed by atoms with van der Waals surface area (Å²) in [6, 6.07) is 1.16. The third-order valence-electron chi connectivity index (χ3n) is 6.40. The van der Waals surface area contributed by atoms with Gasteiger partial charge in [-0.3, -0.25) is 4.99 Å². The van der Waals surface area contributed by atoms with Crippen LogP contribution in [0.1, 0.15) is 51.9 Å². The number of thioether (sulfide) groups is 1. The van der Waals surface area contributed by atoms with E-state index in [4.69, 9.17) is 9.73 Å². The lowest BCUT2D eigenvalue weighted by Gasteiger charge is -2.57. The number of nitrogens with zero attached hydrogens (tertiary/aromatic N) is 1. The van der Waals surface area contributed by atoms with Crippen LogP contribution < -0.4 is 10.6 Å². The summed E-state index contributed by atoms with van der Waals surface area (Å²) in [4.78, 5) is 4.75. The quantitative estimate of drug-likeness (QED) is 0.381. The number of guanidine groups is 1. The van der Waals surface area contributed by atoms with E-state index >= 15 is 0 Å². The standard InChI is InChI=1S/C18H31N3OS.HI/c1-2-19-17(20-13-6-5-11-23-12-13)21-15-14-7-10-22-16(14)18(15)8-3-4-9-18;/h13-16H,2-12H2,1H3,(H2,19,20,21);1H. The average molecular weight is 465 g/mol. The summed E-state index contributed by atoms with van der Waals surface area (Å²) in [6.07, 6.45) is 9.78. The highest BCUT2D eigenvalue weighted by Crippen LogP contribution is 2.60. The molecule has 4 rings (SSSR count). The van der Waals surface area contributed by atoms with Gasteiger partial charge in [0.25, 0.3) is 0 Å². The fourth-order valence-electron chi connectivity index (χ4n) is 5.39. The maximum absolute atomic E-state index is 6.11. The van der Waals surface area contributed by atoms with Crippen LogP contribution in [0.4, 0.5) is 0 Å². The van der Waals surface area contributed by atoms with Gasteiger partial charge in [0.2, 0.25) is 0 Å². The van der Waals surface area contributed by atoms with Crippen molar-refractivity contribution in [3.8, 4) is 0 Å². The minimum Gasteiger partial charge on any atom is -0.377 e. The first-order valence-corrected chi connectivity index (χ1v) is 10.8. The molecule has 4 nitrogen and oxygen atoms in total. The zero-order valence-corrected chi connectivity index (χ0v) is 17.9. The van der Waals surface area contributed by atoms with Crippen LogP contribution in [0.25, 0.3) is 0 Å². The van der Waals surface area contributed by atoms with E-state index in [1.807, 2.05) is 0 Å². The van der Waals surface area contributed by atoms with Crippen molar-refractivity contribution in [3.63, 3.8) is 0 Å². The highest BCUT2D eigenvalue weighted by atomic mass is 127. The Balaban J connectivity index is 0.00000169. The number of halogens is 1. The Morgan fingerprint density at radius 2 is 2.04 bits per heavy atom. The van der Waals surface area contributed by atoms with Gasteiger partial charge in [-0.05, 0) is 44.8 Å². The molecule has 2 aliphatic carbocycles. The van der Waals surface area contributed by atoms with E-state index in [9.17, 15) is 0 Å². The summed E-state index contributed by atoms with van der Waals surface area (Å²) in [6.45, 7) is 3.94. The van der Waals surface area contributed by atoms with Crippen LogP contribution in [0, 0.1) is 11.3 Å². The predicted octanol–water partition coefficient (Wildman–Crippen LogP) is 3.40. The van der Waals surface area contributed by atoms with E-state index < -0.39 is 0 Å². The Morgan fingerprint density at radius 1 is 1.21 bits per heavy atom. The van der Waals surface area contributed by atoms with Gasteiger partial charge in [-0.15, -0.1) is 24.0 Å². The third-order valence-corrected chi connectivity index (χ3v) is 7.61. The molecule has 1 spiro atoms. The van der Waals surface area contributed by atoms with Gasteiger partial charge < -0.3 is 15.4 Å². The highest BCUT2D eigenvalue weighted by Gasteiger charge is 2.65. The van der Waals surface area contributed by atoms with Gasteiger partial charge in [0.1, 0.15) is 0 Å². The summed E-state index contributed by atoms with van der Waals surface area (Å²) in [7, 11) is 0. The lowest BCUT2D eigenvalue weighted by molar-refractivity contribution is -0.125. The molecule has 0 amide bonds. The molecule has 4 atom stereocenters. The topological polar surface area (TPSA) is 45.7 Å². The normalized spacial score (nSPS) is 37.5. The van der Waals surface area contributed by atoms with Crippen molar-refractivity contribution in [2.24, 2.45) is 16.3 Å². The van der Waals surface area contributed by atoms with Crippen LogP contribution in [0.15, 0.2) is 4.99 Å². The molecule has 2 saturated heterocycles. The first-order valence-electron chi connectivity index (χ1n) is 9.60. The Morgan fingerprint density at radius 3 is 2.75 bits per heavy atom. The summed E-state index contributed by atoms with van der Waals surface area (Å²) in [5.74, 6) is 4.30. The van der Waals surface area contributed by atoms with Crippen LogP contribution in [-0.2, 0) is 4.74 Å². The van der Waals surface area contributed by atoms with Crippen molar-refractivity contribution in [1.29, 1.82) is 0 Å². The molecule has 4 aliphatic rings. The highest BCUT2D eigenvalue weighted by molar-refractivity contribution is 14.0. The van der Waals surface area contributed by atoms with Crippen molar-refractivity contribution < 1.29 is 4.74 Å². The van der Waals surface area contributed by atoms with Crippen molar-refractivity contribution >= 4 is 41.7 Å². The molecule has 0 radical (unpaired) electrons. The summed E-state index contributed by atoms with van der Waals surface area (Å²) >= 11 is 2.07. The molecule has 2 heterocycles. The maximum atomic E-state index is 6.11. The minimum atomic E-state index is 0. The van der Waals surface area contributed by atoms with Crippen LogP contribution in [0.2, 0.25) is 0 Å². The van der Waals surface area contributed by atoms with E-state index in [0.29, 0.717) is 29.5 Å². The molecule has 2 N–H and O–H groups in total. The van der Waals surface area contributed by atoms with Crippen molar-refractivity contribution in [1.82, 2.24) is 10.6 Å². The molecular weight excluding hydrogens is 433 g/mol. The number of nitrogens with one attached hydrogen (secondary N) is 2. The van der Waals surface area contributed by atoms with Crippen LogP contribution in [-0.4, -0.2) is 48.8 Å². The van der Waals surface area contributed by atoms with Gasteiger partial charge >= 0.3 is 0 Å². The smallest absolute Gasteiger partial charge is 0.191 e. The Hall–Kier alpha value is 0.310. The number of rotatable bonds is 3. The molecule has 24 heavy (non-hydrogen) atoms. The molecule has 4 unspecified atom stereocenters. The minimum absolute atomic E-state index is 0. The number of hydrogen-bond donors (Lipinski definition) is 2. The van der Waals surface area contributed by atoms with Gasteiger partial charge in [-0.1, -0.05) is 12.8 Å². The number of fused-ring (bicyclic) bond motifs is 2. The molecule has 0 bridgehead atoms. The SMILES string of the molecule is CCN=C(NC1CCCSC1)NC1C2CCOC2C12CCCC2.I. The van der Waals surface area contributed by atoms with Crippen LogP contribution >= 0.6 is 35.7 Å².